The summed E-state index contributed by atoms with van der Waals surface area (Å²) in [7, 11) is 0. The maximum absolute atomic E-state index is 11.6. The molecule has 18 heavy (non-hydrogen) atoms. The van der Waals surface area contributed by atoms with Crippen LogP contribution in [0.15, 0.2) is 0 Å². The summed E-state index contributed by atoms with van der Waals surface area (Å²) in [5.41, 5.74) is 5.43. The molecule has 3 N–H and O–H groups in total. The van der Waals surface area contributed by atoms with Crippen LogP contribution in [-0.2, 0) is 9.53 Å². The van der Waals surface area contributed by atoms with Crippen LogP contribution in [0.5, 0.6) is 0 Å². The first-order chi connectivity index (χ1) is 8.76. The van der Waals surface area contributed by atoms with Gasteiger partial charge in [0, 0.05) is 26.2 Å². The summed E-state index contributed by atoms with van der Waals surface area (Å²) in [4.78, 5) is 13.8. The third-order valence-corrected chi connectivity index (χ3v) is 3.18. The summed E-state index contributed by atoms with van der Waals surface area (Å²) in [5, 5.41) is 2.91. The van der Waals surface area contributed by atoms with Crippen LogP contribution in [0.4, 0.5) is 0 Å². The summed E-state index contributed by atoms with van der Waals surface area (Å²) < 4.78 is 5.73. The Labute approximate surface area is 110 Å². The fourth-order valence-electron chi connectivity index (χ4n) is 2.09. The Bertz CT molecular complexity index is 228. The van der Waals surface area contributed by atoms with E-state index < -0.39 is 0 Å². The number of ether oxygens (including phenoxy) is 1. The zero-order valence-electron chi connectivity index (χ0n) is 11.5. The van der Waals surface area contributed by atoms with E-state index in [0.717, 1.165) is 51.9 Å². The second-order valence-electron chi connectivity index (χ2n) is 4.84. The molecule has 0 saturated carbocycles. The first kappa shape index (κ1) is 15.4. The fourth-order valence-corrected chi connectivity index (χ4v) is 2.09. The molecule has 0 bridgehead atoms. The maximum atomic E-state index is 11.6. The van der Waals surface area contributed by atoms with Crippen LogP contribution < -0.4 is 11.1 Å². The van der Waals surface area contributed by atoms with Crippen LogP contribution in [0.25, 0.3) is 0 Å². The Balaban J connectivity index is 2.09. The predicted octanol–water partition coefficient (Wildman–Crippen LogP) is 0.342. The monoisotopic (exact) mass is 257 g/mol. The highest BCUT2D eigenvalue weighted by atomic mass is 16.5. The molecule has 0 atom stereocenters. The quantitative estimate of drug-likeness (QED) is 0.615. The van der Waals surface area contributed by atoms with Crippen molar-refractivity contribution in [3.8, 4) is 0 Å². The van der Waals surface area contributed by atoms with Gasteiger partial charge in [0.15, 0.2) is 0 Å². The van der Waals surface area contributed by atoms with Gasteiger partial charge in [-0.25, -0.2) is 0 Å². The highest BCUT2D eigenvalue weighted by Crippen LogP contribution is 2.13. The maximum Gasteiger partial charge on any atom is 0.234 e. The molecule has 0 aromatic rings. The van der Waals surface area contributed by atoms with Crippen LogP contribution in [0, 0.1) is 0 Å². The van der Waals surface area contributed by atoms with Gasteiger partial charge >= 0.3 is 0 Å². The number of rotatable bonds is 8. The highest BCUT2D eigenvalue weighted by molar-refractivity contribution is 5.77. The normalized spacial score (nSPS) is 17.9. The summed E-state index contributed by atoms with van der Waals surface area (Å²) in [5.74, 6) is 0.138. The van der Waals surface area contributed by atoms with Crippen molar-refractivity contribution in [3.63, 3.8) is 0 Å². The molecule has 0 aromatic heterocycles. The number of nitrogens with one attached hydrogen (secondary N) is 1. The largest absolute Gasteiger partial charge is 0.378 e. The van der Waals surface area contributed by atoms with Crippen molar-refractivity contribution in [2.45, 2.75) is 38.7 Å². The number of likely N-dealkylation sites (tertiary alicyclic amines) is 1. The predicted molar refractivity (Wildman–Crippen MR) is 72.4 cm³/mol. The van der Waals surface area contributed by atoms with Gasteiger partial charge in [-0.3, -0.25) is 9.69 Å². The van der Waals surface area contributed by atoms with Gasteiger partial charge in [0.25, 0.3) is 0 Å². The average molecular weight is 257 g/mol. The molecule has 1 saturated heterocycles. The van der Waals surface area contributed by atoms with Gasteiger partial charge in [0.1, 0.15) is 0 Å². The standard InChI is InChI=1S/C13H27N3O2/c1-2-7-15-13(17)11-16-8-4-12(5-9-16)18-10-3-6-14/h12H,2-11,14H2,1H3,(H,15,17). The lowest BCUT2D eigenvalue weighted by Gasteiger charge is -2.31. The van der Waals surface area contributed by atoms with Gasteiger partial charge in [-0.2, -0.15) is 0 Å². The van der Waals surface area contributed by atoms with Crippen LogP contribution in [0.3, 0.4) is 0 Å². The lowest BCUT2D eigenvalue weighted by atomic mass is 10.1. The SMILES string of the molecule is CCCNC(=O)CN1CCC(OCCCN)CC1. The first-order valence-electron chi connectivity index (χ1n) is 7.07. The van der Waals surface area contributed by atoms with Crippen molar-refractivity contribution in [3.05, 3.63) is 0 Å². The van der Waals surface area contributed by atoms with Gasteiger partial charge < -0.3 is 15.8 Å². The van der Waals surface area contributed by atoms with E-state index in [1.54, 1.807) is 0 Å². The minimum Gasteiger partial charge on any atom is -0.378 e. The minimum atomic E-state index is 0.138. The van der Waals surface area contributed by atoms with E-state index >= 15 is 0 Å². The zero-order valence-corrected chi connectivity index (χ0v) is 11.5. The minimum absolute atomic E-state index is 0.138. The fraction of sp³-hybridized carbons (Fsp3) is 0.923. The molecule has 1 amide bonds. The molecule has 0 unspecified atom stereocenters. The number of carbonyl (C=O) groups excluding carboxylic acids is 1. The molecule has 5 nitrogen and oxygen atoms in total. The van der Waals surface area contributed by atoms with Gasteiger partial charge in [0.05, 0.1) is 12.6 Å². The Kier molecular flexibility index (Phi) is 7.96. The third kappa shape index (κ3) is 6.33. The molecule has 1 rings (SSSR count). The Morgan fingerprint density at radius 1 is 1.44 bits per heavy atom. The van der Waals surface area contributed by atoms with E-state index in [0.29, 0.717) is 19.2 Å². The molecule has 0 aliphatic carbocycles. The van der Waals surface area contributed by atoms with Gasteiger partial charge in [-0.05, 0) is 32.2 Å². The van der Waals surface area contributed by atoms with E-state index in [1.807, 2.05) is 0 Å². The molecule has 1 heterocycles. The van der Waals surface area contributed by atoms with E-state index in [9.17, 15) is 4.79 Å². The summed E-state index contributed by atoms with van der Waals surface area (Å²) in [6.45, 7) is 6.71. The number of amides is 1. The molecule has 1 aliphatic heterocycles. The van der Waals surface area contributed by atoms with Crippen molar-refractivity contribution in [1.29, 1.82) is 0 Å². The second kappa shape index (κ2) is 9.30. The Hall–Kier alpha value is -0.650. The van der Waals surface area contributed by atoms with Crippen molar-refractivity contribution in [2.24, 2.45) is 5.73 Å². The Morgan fingerprint density at radius 3 is 2.78 bits per heavy atom. The van der Waals surface area contributed by atoms with E-state index in [-0.39, 0.29) is 5.91 Å². The highest BCUT2D eigenvalue weighted by Gasteiger charge is 2.20. The second-order valence-corrected chi connectivity index (χ2v) is 4.84. The van der Waals surface area contributed by atoms with E-state index in [1.165, 1.54) is 0 Å². The van der Waals surface area contributed by atoms with Crippen LogP contribution in [-0.4, -0.2) is 56.2 Å². The lowest BCUT2D eigenvalue weighted by molar-refractivity contribution is -0.123. The molecule has 1 fully saturated rings. The molecule has 0 aromatic carbocycles. The van der Waals surface area contributed by atoms with Crippen molar-refractivity contribution >= 4 is 5.91 Å². The molecule has 0 radical (unpaired) electrons. The summed E-state index contributed by atoms with van der Waals surface area (Å²) in [6.07, 6.45) is 4.31. The lowest BCUT2D eigenvalue weighted by Crippen LogP contribution is -2.43. The number of nitrogens with two attached hydrogens (primary N) is 1. The summed E-state index contributed by atoms with van der Waals surface area (Å²) >= 11 is 0. The Morgan fingerprint density at radius 2 is 2.17 bits per heavy atom. The number of carbonyl (C=O) groups is 1. The van der Waals surface area contributed by atoms with Gasteiger partial charge in [-0.1, -0.05) is 6.92 Å². The summed E-state index contributed by atoms with van der Waals surface area (Å²) in [6, 6.07) is 0. The molecule has 1 aliphatic rings. The van der Waals surface area contributed by atoms with Crippen LogP contribution in [0.2, 0.25) is 0 Å². The molecule has 106 valence electrons. The van der Waals surface area contributed by atoms with Crippen molar-refractivity contribution in [1.82, 2.24) is 10.2 Å². The van der Waals surface area contributed by atoms with E-state index in [2.05, 4.69) is 17.1 Å². The third-order valence-electron chi connectivity index (χ3n) is 3.18. The number of hydrogen-bond acceptors (Lipinski definition) is 4. The topological polar surface area (TPSA) is 67.6 Å². The smallest absolute Gasteiger partial charge is 0.234 e. The number of nitrogens with zero attached hydrogens (tertiary/aromatic N) is 1. The first-order valence-corrected chi connectivity index (χ1v) is 7.07. The average Bonchev–Trinajstić information content (AvgIpc) is 2.39. The van der Waals surface area contributed by atoms with Crippen LogP contribution >= 0.6 is 0 Å². The molecular weight excluding hydrogens is 230 g/mol. The zero-order chi connectivity index (χ0) is 13.2. The molecule has 5 heteroatoms. The number of hydrogen-bond donors (Lipinski definition) is 2. The number of piperidine rings is 1. The molecule has 0 spiro atoms. The van der Waals surface area contributed by atoms with Crippen molar-refractivity contribution < 1.29 is 9.53 Å². The van der Waals surface area contributed by atoms with Crippen molar-refractivity contribution in [2.75, 3.05) is 39.3 Å². The van der Waals surface area contributed by atoms with Crippen LogP contribution in [0.1, 0.15) is 32.6 Å². The van der Waals surface area contributed by atoms with Gasteiger partial charge in [0.2, 0.25) is 5.91 Å². The van der Waals surface area contributed by atoms with E-state index in [4.69, 9.17) is 10.5 Å². The van der Waals surface area contributed by atoms with Gasteiger partial charge in [-0.15, -0.1) is 0 Å². The molecular formula is C13H27N3O2.